The van der Waals surface area contributed by atoms with E-state index in [1.165, 1.54) is 4.57 Å². The maximum atomic E-state index is 12.6. The van der Waals surface area contributed by atoms with Crippen molar-refractivity contribution in [1.82, 2.24) is 14.9 Å². The van der Waals surface area contributed by atoms with Crippen molar-refractivity contribution in [3.8, 4) is 11.5 Å². The number of hydrogen-bond acceptors (Lipinski definition) is 5. The maximum absolute atomic E-state index is 12.6. The van der Waals surface area contributed by atoms with Crippen molar-refractivity contribution in [2.45, 2.75) is 39.2 Å². The van der Waals surface area contributed by atoms with Gasteiger partial charge in [-0.1, -0.05) is 6.07 Å². The molecule has 1 aliphatic carbocycles. The first kappa shape index (κ1) is 18.9. The number of benzene rings is 1. The van der Waals surface area contributed by atoms with Gasteiger partial charge < -0.3 is 14.8 Å². The molecule has 7 heteroatoms. The molecule has 0 radical (unpaired) electrons. The molecule has 0 saturated heterocycles. The molecule has 1 heterocycles. The second kappa shape index (κ2) is 8.24. The Hall–Kier alpha value is -2.83. The molecule has 144 valence electrons. The zero-order valence-corrected chi connectivity index (χ0v) is 16.0. The maximum Gasteiger partial charge on any atom is 0.257 e. The third-order valence-electron chi connectivity index (χ3n) is 4.86. The highest BCUT2D eigenvalue weighted by Crippen LogP contribution is 2.27. The summed E-state index contributed by atoms with van der Waals surface area (Å²) in [6.45, 7) is 2.24. The molecule has 0 aliphatic heterocycles. The number of rotatable bonds is 7. The number of amides is 1. The summed E-state index contributed by atoms with van der Waals surface area (Å²) in [5.74, 6) is 1.73. The molecule has 1 aromatic heterocycles. The van der Waals surface area contributed by atoms with Gasteiger partial charge in [0.25, 0.3) is 5.56 Å². The van der Waals surface area contributed by atoms with Gasteiger partial charge in [-0.3, -0.25) is 14.2 Å². The first-order valence-electron chi connectivity index (χ1n) is 9.10. The van der Waals surface area contributed by atoms with Gasteiger partial charge in [-0.05, 0) is 50.3 Å². The molecule has 0 spiro atoms. The first-order valence-corrected chi connectivity index (χ1v) is 9.10. The number of ether oxygens (including phenoxy) is 2. The summed E-state index contributed by atoms with van der Waals surface area (Å²) in [5.41, 5.74) is 2.60. The van der Waals surface area contributed by atoms with Crippen molar-refractivity contribution in [3.05, 3.63) is 51.2 Å². The minimum absolute atomic E-state index is 0.00309. The Morgan fingerprint density at radius 3 is 2.74 bits per heavy atom. The van der Waals surface area contributed by atoms with Crippen molar-refractivity contribution >= 4 is 5.91 Å². The molecule has 0 bridgehead atoms. The van der Waals surface area contributed by atoms with E-state index in [0.29, 0.717) is 30.3 Å². The highest BCUT2D eigenvalue weighted by atomic mass is 16.5. The molecule has 0 fully saturated rings. The van der Waals surface area contributed by atoms with Crippen LogP contribution in [0.2, 0.25) is 0 Å². The van der Waals surface area contributed by atoms with E-state index in [-0.39, 0.29) is 18.0 Å². The lowest BCUT2D eigenvalue weighted by molar-refractivity contribution is -0.121. The summed E-state index contributed by atoms with van der Waals surface area (Å²) >= 11 is 0. The van der Waals surface area contributed by atoms with Gasteiger partial charge in [0.05, 0.1) is 19.9 Å². The van der Waals surface area contributed by atoms with Crippen LogP contribution in [0.3, 0.4) is 0 Å². The van der Waals surface area contributed by atoms with Crippen molar-refractivity contribution in [2.24, 2.45) is 0 Å². The van der Waals surface area contributed by atoms with Crippen LogP contribution in [0.25, 0.3) is 0 Å². The number of hydrogen-bond donors (Lipinski definition) is 1. The Balaban J connectivity index is 1.59. The molecule has 2 aromatic rings. The number of nitrogens with zero attached hydrogens (tertiary/aromatic N) is 2. The fourth-order valence-corrected chi connectivity index (χ4v) is 3.42. The molecule has 1 amide bonds. The lowest BCUT2D eigenvalue weighted by Gasteiger charge is -2.12. The Labute approximate surface area is 158 Å². The van der Waals surface area contributed by atoms with Crippen LogP contribution in [0, 0.1) is 6.92 Å². The van der Waals surface area contributed by atoms with Gasteiger partial charge in [-0.2, -0.15) is 0 Å². The van der Waals surface area contributed by atoms with Gasteiger partial charge in [-0.25, -0.2) is 4.98 Å². The second-order valence-corrected chi connectivity index (χ2v) is 6.62. The van der Waals surface area contributed by atoms with E-state index in [0.717, 1.165) is 36.1 Å². The molecule has 27 heavy (non-hydrogen) atoms. The van der Waals surface area contributed by atoms with E-state index in [1.54, 1.807) is 21.1 Å². The summed E-state index contributed by atoms with van der Waals surface area (Å²) in [4.78, 5) is 29.3. The predicted octanol–water partition coefficient (Wildman–Crippen LogP) is 1.42. The molecule has 1 N–H and O–H groups in total. The van der Waals surface area contributed by atoms with E-state index in [9.17, 15) is 9.59 Å². The average Bonchev–Trinajstić information content (AvgIpc) is 3.13. The summed E-state index contributed by atoms with van der Waals surface area (Å²) in [7, 11) is 3.18. The standard InChI is InChI=1S/C20H25N3O4/c1-13-22-16-6-4-5-15(16)20(25)23(13)12-19(24)21-10-9-14-7-8-17(26-2)18(11-14)27-3/h7-8,11H,4-6,9-10,12H2,1-3H3,(H,21,24). The lowest BCUT2D eigenvalue weighted by atomic mass is 10.1. The minimum Gasteiger partial charge on any atom is -0.493 e. The molecule has 0 atom stereocenters. The second-order valence-electron chi connectivity index (χ2n) is 6.62. The van der Waals surface area contributed by atoms with Gasteiger partial charge in [0.1, 0.15) is 12.4 Å². The van der Waals surface area contributed by atoms with E-state index in [4.69, 9.17) is 9.47 Å². The molecule has 0 unspecified atom stereocenters. The minimum atomic E-state index is -0.194. The third-order valence-corrected chi connectivity index (χ3v) is 4.86. The van der Waals surface area contributed by atoms with Crippen LogP contribution in [0.1, 0.15) is 29.1 Å². The Bertz CT molecular complexity index is 905. The Morgan fingerprint density at radius 1 is 1.22 bits per heavy atom. The molecule has 0 saturated carbocycles. The smallest absolute Gasteiger partial charge is 0.257 e. The number of aryl methyl sites for hydroxylation is 2. The summed E-state index contributed by atoms with van der Waals surface area (Å²) in [6.07, 6.45) is 3.22. The Kier molecular flexibility index (Phi) is 5.78. The summed E-state index contributed by atoms with van der Waals surface area (Å²) < 4.78 is 12.0. The van der Waals surface area contributed by atoms with Crippen LogP contribution in [0.4, 0.5) is 0 Å². The first-order chi connectivity index (χ1) is 13.0. The fraction of sp³-hybridized carbons (Fsp3) is 0.450. The monoisotopic (exact) mass is 371 g/mol. The molecule has 1 aliphatic rings. The largest absolute Gasteiger partial charge is 0.493 e. The molecule has 7 nitrogen and oxygen atoms in total. The van der Waals surface area contributed by atoms with Crippen LogP contribution in [0.5, 0.6) is 11.5 Å². The number of nitrogens with one attached hydrogen (secondary N) is 1. The number of carbonyl (C=O) groups is 1. The van der Waals surface area contributed by atoms with Gasteiger partial charge in [0, 0.05) is 12.1 Å². The van der Waals surface area contributed by atoms with E-state index in [2.05, 4.69) is 10.3 Å². The van der Waals surface area contributed by atoms with Gasteiger partial charge in [0.2, 0.25) is 5.91 Å². The predicted molar refractivity (Wildman–Crippen MR) is 102 cm³/mol. The van der Waals surface area contributed by atoms with Crippen molar-refractivity contribution in [2.75, 3.05) is 20.8 Å². The van der Waals surface area contributed by atoms with Gasteiger partial charge in [0.15, 0.2) is 11.5 Å². The number of fused-ring (bicyclic) bond motifs is 1. The zero-order valence-electron chi connectivity index (χ0n) is 16.0. The van der Waals surface area contributed by atoms with Crippen LogP contribution in [0.15, 0.2) is 23.0 Å². The van der Waals surface area contributed by atoms with E-state index >= 15 is 0 Å². The zero-order chi connectivity index (χ0) is 19.4. The SMILES string of the molecule is COc1ccc(CCNC(=O)Cn2c(C)nc3c(c2=O)CCC3)cc1OC. The topological polar surface area (TPSA) is 82.5 Å². The summed E-state index contributed by atoms with van der Waals surface area (Å²) in [6, 6.07) is 5.67. The normalized spacial score (nSPS) is 12.6. The summed E-state index contributed by atoms with van der Waals surface area (Å²) in [5, 5.41) is 2.87. The van der Waals surface area contributed by atoms with E-state index < -0.39 is 0 Å². The number of carbonyl (C=O) groups excluding carboxylic acids is 1. The highest BCUT2D eigenvalue weighted by molar-refractivity contribution is 5.75. The number of aromatic nitrogens is 2. The third kappa shape index (κ3) is 4.13. The van der Waals surface area contributed by atoms with Crippen molar-refractivity contribution < 1.29 is 14.3 Å². The van der Waals surface area contributed by atoms with Crippen LogP contribution in [-0.4, -0.2) is 36.2 Å². The molecule has 1 aromatic carbocycles. The van der Waals surface area contributed by atoms with Crippen molar-refractivity contribution in [3.63, 3.8) is 0 Å². The average molecular weight is 371 g/mol. The molecular weight excluding hydrogens is 346 g/mol. The van der Waals surface area contributed by atoms with Crippen LogP contribution in [-0.2, 0) is 30.6 Å². The molecular formula is C20H25N3O4. The van der Waals surface area contributed by atoms with Crippen molar-refractivity contribution in [1.29, 1.82) is 0 Å². The van der Waals surface area contributed by atoms with Crippen LogP contribution >= 0.6 is 0 Å². The van der Waals surface area contributed by atoms with E-state index in [1.807, 2.05) is 18.2 Å². The van der Waals surface area contributed by atoms with Gasteiger partial charge in [-0.15, -0.1) is 0 Å². The highest BCUT2D eigenvalue weighted by Gasteiger charge is 2.20. The molecule has 3 rings (SSSR count). The Morgan fingerprint density at radius 2 is 2.00 bits per heavy atom. The number of methoxy groups -OCH3 is 2. The quantitative estimate of drug-likeness (QED) is 0.796. The lowest BCUT2D eigenvalue weighted by Crippen LogP contribution is -2.36. The van der Waals surface area contributed by atoms with Gasteiger partial charge >= 0.3 is 0 Å². The fourth-order valence-electron chi connectivity index (χ4n) is 3.42. The van der Waals surface area contributed by atoms with Crippen LogP contribution < -0.4 is 20.3 Å².